The number of carbonyl (C=O) groups is 2. The van der Waals surface area contributed by atoms with Crippen LogP contribution in [-0.2, 0) is 16.1 Å². The molecule has 7 nitrogen and oxygen atoms in total. The summed E-state index contributed by atoms with van der Waals surface area (Å²) in [6.07, 6.45) is 0. The second-order valence-electron chi connectivity index (χ2n) is 7.05. The van der Waals surface area contributed by atoms with Gasteiger partial charge in [-0.2, -0.15) is 4.98 Å². The van der Waals surface area contributed by atoms with Crippen molar-refractivity contribution in [3.05, 3.63) is 71.6 Å². The topological polar surface area (TPSA) is 94.3 Å². The molecule has 1 aromatic heterocycles. The highest BCUT2D eigenvalue weighted by atomic mass is 16.6. The normalized spacial score (nSPS) is 11.9. The Morgan fingerprint density at radius 1 is 1.07 bits per heavy atom. The van der Waals surface area contributed by atoms with E-state index in [0.717, 1.165) is 11.1 Å². The molecular weight excluding hydrogens is 370 g/mol. The molecule has 0 unspecified atom stereocenters. The number of nitrogens with one attached hydrogen (secondary N) is 1. The van der Waals surface area contributed by atoms with Crippen LogP contribution in [0, 0.1) is 12.8 Å². The van der Waals surface area contributed by atoms with Crippen LogP contribution in [0.1, 0.15) is 35.7 Å². The Morgan fingerprint density at radius 3 is 2.41 bits per heavy atom. The first-order valence-electron chi connectivity index (χ1n) is 9.36. The largest absolute Gasteiger partial charge is 0.454 e. The number of carbonyl (C=O) groups excluding carboxylic acids is 2. The Bertz CT molecular complexity index is 965. The van der Waals surface area contributed by atoms with Crippen molar-refractivity contribution in [2.24, 2.45) is 5.92 Å². The first-order chi connectivity index (χ1) is 13.9. The van der Waals surface area contributed by atoms with Crippen molar-refractivity contribution < 1.29 is 18.8 Å². The number of aromatic nitrogens is 2. The van der Waals surface area contributed by atoms with Crippen LogP contribution in [0.15, 0.2) is 59.1 Å². The number of nitrogens with zero attached hydrogens (tertiary/aromatic N) is 2. The van der Waals surface area contributed by atoms with Gasteiger partial charge in [0, 0.05) is 11.1 Å². The quantitative estimate of drug-likeness (QED) is 0.617. The first-order valence-corrected chi connectivity index (χ1v) is 9.36. The molecule has 0 saturated carbocycles. The van der Waals surface area contributed by atoms with Crippen LogP contribution in [-0.4, -0.2) is 28.1 Å². The number of benzene rings is 2. The lowest BCUT2D eigenvalue weighted by Crippen LogP contribution is -2.45. The minimum atomic E-state index is -0.790. The molecule has 3 aromatic rings. The molecule has 1 atom stereocenters. The summed E-state index contributed by atoms with van der Waals surface area (Å²) in [7, 11) is 0. The van der Waals surface area contributed by atoms with Crippen molar-refractivity contribution in [2.45, 2.75) is 33.4 Å². The number of rotatable bonds is 7. The second kappa shape index (κ2) is 9.14. The van der Waals surface area contributed by atoms with Crippen LogP contribution in [0.25, 0.3) is 11.4 Å². The van der Waals surface area contributed by atoms with Crippen molar-refractivity contribution in [1.29, 1.82) is 0 Å². The van der Waals surface area contributed by atoms with E-state index in [1.165, 1.54) is 0 Å². The molecule has 0 aliphatic rings. The van der Waals surface area contributed by atoms with Crippen molar-refractivity contribution in [1.82, 2.24) is 15.5 Å². The number of hydrogen-bond donors (Lipinski definition) is 1. The summed E-state index contributed by atoms with van der Waals surface area (Å²) in [5.41, 5.74) is 2.42. The van der Waals surface area contributed by atoms with Gasteiger partial charge < -0.3 is 14.6 Å². The van der Waals surface area contributed by atoms with E-state index < -0.39 is 12.0 Å². The van der Waals surface area contributed by atoms with Crippen molar-refractivity contribution >= 4 is 11.9 Å². The molecule has 0 bridgehead atoms. The molecular formula is C22H23N3O4. The fraction of sp³-hybridized carbons (Fsp3) is 0.273. The molecule has 0 fully saturated rings. The molecule has 0 saturated heterocycles. The van der Waals surface area contributed by atoms with E-state index in [2.05, 4.69) is 15.5 Å². The van der Waals surface area contributed by atoms with E-state index in [-0.39, 0.29) is 24.3 Å². The fourth-order valence-corrected chi connectivity index (χ4v) is 2.67. The van der Waals surface area contributed by atoms with Crippen LogP contribution < -0.4 is 5.32 Å². The van der Waals surface area contributed by atoms with Gasteiger partial charge in [0.15, 0.2) is 6.61 Å². The minimum Gasteiger partial charge on any atom is -0.454 e. The highest BCUT2D eigenvalue weighted by Crippen LogP contribution is 2.17. The van der Waals surface area contributed by atoms with Crippen molar-refractivity contribution in [3.63, 3.8) is 0 Å². The van der Waals surface area contributed by atoms with Gasteiger partial charge in [0.2, 0.25) is 5.82 Å². The highest BCUT2D eigenvalue weighted by molar-refractivity contribution is 5.96. The first kappa shape index (κ1) is 20.3. The second-order valence-corrected chi connectivity index (χ2v) is 7.05. The van der Waals surface area contributed by atoms with E-state index in [1.807, 2.05) is 51.1 Å². The summed E-state index contributed by atoms with van der Waals surface area (Å²) < 4.78 is 10.5. The van der Waals surface area contributed by atoms with E-state index >= 15 is 0 Å². The third-order valence-electron chi connectivity index (χ3n) is 4.36. The molecule has 0 radical (unpaired) electrons. The van der Waals surface area contributed by atoms with Gasteiger partial charge in [0.05, 0.1) is 0 Å². The summed E-state index contributed by atoms with van der Waals surface area (Å²) >= 11 is 0. The number of amides is 1. The zero-order chi connectivity index (χ0) is 20.8. The average molecular weight is 393 g/mol. The lowest BCUT2D eigenvalue weighted by Gasteiger charge is -2.20. The van der Waals surface area contributed by atoms with Crippen molar-refractivity contribution in [3.8, 4) is 11.4 Å². The molecule has 3 rings (SSSR count). The molecule has 7 heteroatoms. The zero-order valence-electron chi connectivity index (χ0n) is 16.6. The lowest BCUT2D eigenvalue weighted by atomic mass is 10.0. The summed E-state index contributed by atoms with van der Waals surface area (Å²) in [4.78, 5) is 29.1. The lowest BCUT2D eigenvalue weighted by molar-refractivity contribution is -0.149. The summed E-state index contributed by atoms with van der Waals surface area (Å²) in [5, 5.41) is 6.64. The van der Waals surface area contributed by atoms with Gasteiger partial charge >= 0.3 is 5.97 Å². The SMILES string of the molecule is Cc1ccc(-c2noc(COC(=O)[C@@H](NC(=O)c3ccccc3)C(C)C)n2)cc1. The van der Waals surface area contributed by atoms with Gasteiger partial charge in [0.25, 0.3) is 11.8 Å². The Labute approximate surface area is 169 Å². The molecule has 150 valence electrons. The maximum atomic E-state index is 12.5. The molecule has 0 aliphatic carbocycles. The highest BCUT2D eigenvalue weighted by Gasteiger charge is 2.26. The smallest absolute Gasteiger partial charge is 0.329 e. The number of esters is 1. The zero-order valence-corrected chi connectivity index (χ0v) is 16.6. The van der Waals surface area contributed by atoms with Gasteiger partial charge in [-0.15, -0.1) is 0 Å². The third-order valence-corrected chi connectivity index (χ3v) is 4.36. The van der Waals surface area contributed by atoms with E-state index in [9.17, 15) is 9.59 Å². The predicted octanol–water partition coefficient (Wildman–Crippen LogP) is 3.54. The monoisotopic (exact) mass is 393 g/mol. The number of hydrogen-bond acceptors (Lipinski definition) is 6. The van der Waals surface area contributed by atoms with E-state index in [1.54, 1.807) is 24.3 Å². The van der Waals surface area contributed by atoms with Crippen LogP contribution in [0.3, 0.4) is 0 Å². The fourth-order valence-electron chi connectivity index (χ4n) is 2.67. The number of aryl methyl sites for hydroxylation is 1. The summed E-state index contributed by atoms with van der Waals surface area (Å²) in [6, 6.07) is 15.6. The van der Waals surface area contributed by atoms with Crippen LogP contribution in [0.4, 0.5) is 0 Å². The van der Waals surface area contributed by atoms with Crippen LogP contribution in [0.5, 0.6) is 0 Å². The van der Waals surface area contributed by atoms with Crippen molar-refractivity contribution in [2.75, 3.05) is 0 Å². The van der Waals surface area contributed by atoms with E-state index in [4.69, 9.17) is 9.26 Å². The third kappa shape index (κ3) is 5.28. The molecule has 2 aromatic carbocycles. The van der Waals surface area contributed by atoms with E-state index in [0.29, 0.717) is 11.4 Å². The molecule has 0 spiro atoms. The Balaban J connectivity index is 1.60. The standard InChI is InChI=1S/C22H23N3O4/c1-14(2)19(24-21(26)17-7-5-4-6-8-17)22(27)28-13-18-23-20(25-29-18)16-11-9-15(3)10-12-16/h4-12,14,19H,13H2,1-3H3,(H,24,26)/t19-/m0/s1. The van der Waals surface area contributed by atoms with Crippen LogP contribution in [0.2, 0.25) is 0 Å². The van der Waals surface area contributed by atoms with Crippen LogP contribution >= 0.6 is 0 Å². The van der Waals surface area contributed by atoms with Gasteiger partial charge in [-0.1, -0.05) is 67.0 Å². The Hall–Kier alpha value is -3.48. The molecule has 1 amide bonds. The number of ether oxygens (including phenoxy) is 1. The average Bonchev–Trinajstić information content (AvgIpc) is 3.20. The van der Waals surface area contributed by atoms with Gasteiger partial charge in [0.1, 0.15) is 6.04 Å². The van der Waals surface area contributed by atoms with Gasteiger partial charge in [-0.25, -0.2) is 4.79 Å². The summed E-state index contributed by atoms with van der Waals surface area (Å²) in [5.74, 6) is -0.430. The summed E-state index contributed by atoms with van der Waals surface area (Å²) in [6.45, 7) is 5.49. The predicted molar refractivity (Wildman–Crippen MR) is 107 cm³/mol. The molecule has 29 heavy (non-hydrogen) atoms. The van der Waals surface area contributed by atoms with Gasteiger partial charge in [-0.3, -0.25) is 4.79 Å². The Kier molecular flexibility index (Phi) is 6.39. The minimum absolute atomic E-state index is 0.152. The maximum absolute atomic E-state index is 12.5. The molecule has 1 N–H and O–H groups in total. The molecule has 1 heterocycles. The maximum Gasteiger partial charge on any atom is 0.329 e. The Morgan fingerprint density at radius 2 is 1.76 bits per heavy atom. The van der Waals surface area contributed by atoms with Gasteiger partial charge in [-0.05, 0) is 25.0 Å². The molecule has 0 aliphatic heterocycles.